The molecule has 11 rings (SSSR count). The topological polar surface area (TPSA) is 3.24 Å². The van der Waals surface area contributed by atoms with Crippen molar-refractivity contribution in [3.05, 3.63) is 193 Å². The number of allylic oxidation sites excluding steroid dienone is 4. The van der Waals surface area contributed by atoms with Crippen molar-refractivity contribution in [1.29, 1.82) is 0 Å². The van der Waals surface area contributed by atoms with Gasteiger partial charge in [0.25, 0.3) is 0 Å². The van der Waals surface area contributed by atoms with Gasteiger partial charge in [-0.05, 0) is 104 Å². The van der Waals surface area contributed by atoms with E-state index in [0.717, 1.165) is 11.4 Å². The number of fused-ring (bicyclic) bond motifs is 7. The highest BCUT2D eigenvalue weighted by molar-refractivity contribution is 7.26. The standard InChI is InChI=1S/C48H31NS/c1-2-11-32(12-3-1)49(43-20-10-22-45-48(43)41-15-6-7-21-44(41)50-45)33-26-23-30(24-27-33)31-25-28-35-38-17-9-18-39-40-19-8-16-37(47(40)42(35)29-31)34-13-4-5-14-36(34)46(38)39/h1-29,39,46H. The van der Waals surface area contributed by atoms with E-state index in [2.05, 4.69) is 181 Å². The van der Waals surface area contributed by atoms with Gasteiger partial charge in [-0.1, -0.05) is 127 Å². The van der Waals surface area contributed by atoms with Crippen molar-refractivity contribution in [3.8, 4) is 33.4 Å². The van der Waals surface area contributed by atoms with Crippen LogP contribution in [0.5, 0.6) is 0 Å². The minimum Gasteiger partial charge on any atom is -0.310 e. The highest BCUT2D eigenvalue weighted by Crippen LogP contribution is 2.59. The first-order valence-electron chi connectivity index (χ1n) is 17.4. The van der Waals surface area contributed by atoms with E-state index in [-0.39, 0.29) is 0 Å². The van der Waals surface area contributed by atoms with E-state index in [9.17, 15) is 0 Å². The van der Waals surface area contributed by atoms with Gasteiger partial charge in [0, 0.05) is 43.4 Å². The molecule has 2 unspecified atom stereocenters. The van der Waals surface area contributed by atoms with Crippen LogP contribution in [0.2, 0.25) is 0 Å². The Labute approximate surface area is 295 Å². The lowest BCUT2D eigenvalue weighted by atomic mass is 9.73. The number of para-hydroxylation sites is 1. The van der Waals surface area contributed by atoms with Gasteiger partial charge < -0.3 is 4.90 Å². The summed E-state index contributed by atoms with van der Waals surface area (Å²) in [6.07, 6.45) is 7.06. The molecule has 0 saturated carbocycles. The smallest absolute Gasteiger partial charge is 0.0554 e. The van der Waals surface area contributed by atoms with Crippen molar-refractivity contribution in [3.63, 3.8) is 0 Å². The molecule has 2 heteroatoms. The largest absolute Gasteiger partial charge is 0.310 e. The van der Waals surface area contributed by atoms with Crippen LogP contribution in [0.25, 0.3) is 59.1 Å². The highest BCUT2D eigenvalue weighted by atomic mass is 32.1. The lowest BCUT2D eigenvalue weighted by molar-refractivity contribution is 0.758. The van der Waals surface area contributed by atoms with Gasteiger partial charge in [0.1, 0.15) is 0 Å². The maximum absolute atomic E-state index is 2.45. The molecule has 7 aromatic carbocycles. The lowest BCUT2D eigenvalue weighted by Crippen LogP contribution is -2.12. The zero-order valence-electron chi connectivity index (χ0n) is 27.3. The van der Waals surface area contributed by atoms with Crippen LogP contribution in [-0.2, 0) is 0 Å². The van der Waals surface area contributed by atoms with Crippen LogP contribution in [0.4, 0.5) is 17.1 Å². The summed E-state index contributed by atoms with van der Waals surface area (Å²) in [4.78, 5) is 2.41. The van der Waals surface area contributed by atoms with Crippen molar-refractivity contribution in [2.75, 3.05) is 4.90 Å². The molecule has 1 heterocycles. The number of rotatable bonds is 4. The fourth-order valence-electron chi connectivity index (χ4n) is 8.91. The zero-order chi connectivity index (χ0) is 32.8. The van der Waals surface area contributed by atoms with E-state index in [0.29, 0.717) is 11.8 Å². The fourth-order valence-corrected chi connectivity index (χ4v) is 10.0. The molecule has 0 fully saturated rings. The first-order chi connectivity index (χ1) is 24.8. The summed E-state index contributed by atoms with van der Waals surface area (Å²) in [5, 5.41) is 2.61. The summed E-state index contributed by atoms with van der Waals surface area (Å²) in [5.41, 5.74) is 17.1. The minimum absolute atomic E-state index is 0.315. The molecule has 0 spiro atoms. The highest BCUT2D eigenvalue weighted by Gasteiger charge is 2.39. The van der Waals surface area contributed by atoms with E-state index in [1.165, 1.54) is 81.5 Å². The Balaban J connectivity index is 1.06. The monoisotopic (exact) mass is 653 g/mol. The van der Waals surface area contributed by atoms with Crippen LogP contribution in [-0.4, -0.2) is 0 Å². The lowest BCUT2D eigenvalue weighted by Gasteiger charge is -2.30. The van der Waals surface area contributed by atoms with Crippen LogP contribution < -0.4 is 4.90 Å². The summed E-state index contributed by atoms with van der Waals surface area (Å²) in [6.45, 7) is 0. The maximum Gasteiger partial charge on any atom is 0.0554 e. The molecule has 1 aromatic heterocycles. The molecule has 0 aliphatic heterocycles. The molecule has 50 heavy (non-hydrogen) atoms. The van der Waals surface area contributed by atoms with Gasteiger partial charge in [0.15, 0.2) is 0 Å². The Morgan fingerprint density at radius 1 is 0.500 bits per heavy atom. The molecule has 2 atom stereocenters. The third-order valence-electron chi connectivity index (χ3n) is 11.0. The van der Waals surface area contributed by atoms with E-state index in [1.54, 1.807) is 0 Å². The number of nitrogens with zero attached hydrogens (tertiary/aromatic N) is 1. The van der Waals surface area contributed by atoms with Gasteiger partial charge in [-0.2, -0.15) is 0 Å². The summed E-state index contributed by atoms with van der Waals surface area (Å²) < 4.78 is 2.62. The molecule has 3 aliphatic carbocycles. The van der Waals surface area contributed by atoms with E-state index >= 15 is 0 Å². The zero-order valence-corrected chi connectivity index (χ0v) is 28.1. The number of hydrogen-bond acceptors (Lipinski definition) is 2. The molecule has 0 radical (unpaired) electrons. The predicted molar refractivity (Wildman–Crippen MR) is 213 cm³/mol. The summed E-state index contributed by atoms with van der Waals surface area (Å²) in [5.74, 6) is 0.646. The maximum atomic E-state index is 2.45. The Kier molecular flexibility index (Phi) is 6.02. The second-order valence-electron chi connectivity index (χ2n) is 13.6. The van der Waals surface area contributed by atoms with Crippen molar-refractivity contribution in [2.24, 2.45) is 0 Å². The van der Waals surface area contributed by atoms with Gasteiger partial charge in [0.2, 0.25) is 0 Å². The average Bonchev–Trinajstić information content (AvgIpc) is 3.52. The van der Waals surface area contributed by atoms with Crippen molar-refractivity contribution < 1.29 is 0 Å². The molecule has 0 amide bonds. The summed E-state index contributed by atoms with van der Waals surface area (Å²) in [7, 11) is 0. The number of anilines is 3. The van der Waals surface area contributed by atoms with E-state index < -0.39 is 0 Å². The van der Waals surface area contributed by atoms with Crippen LogP contribution in [0.1, 0.15) is 28.5 Å². The van der Waals surface area contributed by atoms with Crippen LogP contribution in [0.3, 0.4) is 0 Å². The quantitative estimate of drug-likeness (QED) is 0.183. The van der Waals surface area contributed by atoms with Crippen molar-refractivity contribution in [1.82, 2.24) is 0 Å². The molecule has 6 bridgehead atoms. The third kappa shape index (κ3) is 4.00. The molecular weight excluding hydrogens is 623 g/mol. The van der Waals surface area contributed by atoms with Gasteiger partial charge >= 0.3 is 0 Å². The number of benzene rings is 7. The first-order valence-corrected chi connectivity index (χ1v) is 18.2. The number of thiophene rings is 1. The summed E-state index contributed by atoms with van der Waals surface area (Å²) in [6, 6.07) is 58.6. The fraction of sp³-hybridized carbons (Fsp3) is 0.0417. The Hall–Kier alpha value is -5.96. The molecular formula is C48H31NS. The Morgan fingerprint density at radius 3 is 2.14 bits per heavy atom. The van der Waals surface area contributed by atoms with Crippen molar-refractivity contribution >= 4 is 54.1 Å². The van der Waals surface area contributed by atoms with Gasteiger partial charge in [-0.25, -0.2) is 0 Å². The third-order valence-corrected chi connectivity index (χ3v) is 12.2. The Morgan fingerprint density at radius 2 is 1.22 bits per heavy atom. The molecule has 1 nitrogen and oxygen atoms in total. The molecule has 0 saturated heterocycles. The van der Waals surface area contributed by atoms with Crippen LogP contribution >= 0.6 is 11.3 Å². The van der Waals surface area contributed by atoms with Crippen LogP contribution in [0.15, 0.2) is 176 Å². The Bertz CT molecular complexity index is 2710. The summed E-state index contributed by atoms with van der Waals surface area (Å²) >= 11 is 1.86. The predicted octanol–water partition coefficient (Wildman–Crippen LogP) is 13.7. The van der Waals surface area contributed by atoms with Gasteiger partial charge in [-0.3, -0.25) is 0 Å². The SMILES string of the molecule is C1=CC2c3cccc4c3-c3cc(-c5ccc(N(c6ccccc6)c6cccc7sc8ccccc8c67)cc5)ccc3C(=C1)C2c1ccccc1-4. The van der Waals surface area contributed by atoms with Crippen molar-refractivity contribution in [2.45, 2.75) is 11.8 Å². The first kappa shape index (κ1) is 27.9. The molecule has 234 valence electrons. The molecule has 0 N–H and O–H groups in total. The normalized spacial score (nSPS) is 16.4. The van der Waals surface area contributed by atoms with Crippen LogP contribution in [0, 0.1) is 0 Å². The van der Waals surface area contributed by atoms with E-state index in [4.69, 9.17) is 0 Å². The minimum atomic E-state index is 0.315. The second kappa shape index (κ2) is 10.8. The second-order valence-corrected chi connectivity index (χ2v) is 14.7. The van der Waals surface area contributed by atoms with Gasteiger partial charge in [0.05, 0.1) is 5.69 Å². The molecule has 3 aliphatic rings. The average molecular weight is 654 g/mol. The molecule has 8 aromatic rings. The van der Waals surface area contributed by atoms with E-state index in [1.807, 2.05) is 11.3 Å². The van der Waals surface area contributed by atoms with Gasteiger partial charge in [-0.15, -0.1) is 11.3 Å². The number of hydrogen-bond donors (Lipinski definition) is 0.